The van der Waals surface area contributed by atoms with Gasteiger partial charge in [-0.25, -0.2) is 9.50 Å². The van der Waals surface area contributed by atoms with E-state index >= 15 is 0 Å². The molecule has 4 aromatic rings. The van der Waals surface area contributed by atoms with Gasteiger partial charge in [-0.2, -0.15) is 0 Å². The molecular weight excluding hydrogens is 421 g/mol. The van der Waals surface area contributed by atoms with Crippen molar-refractivity contribution in [2.45, 2.75) is 6.36 Å². The Morgan fingerprint density at radius 2 is 1.97 bits per heavy atom. The first-order valence-corrected chi connectivity index (χ1v) is 9.53. The van der Waals surface area contributed by atoms with E-state index in [0.29, 0.717) is 32.8 Å². The van der Waals surface area contributed by atoms with Crippen molar-refractivity contribution in [3.8, 4) is 28.5 Å². The topological polar surface area (TPSA) is 61.1 Å². The van der Waals surface area contributed by atoms with Crippen LogP contribution in [0.15, 0.2) is 48.7 Å². The fourth-order valence-corrected chi connectivity index (χ4v) is 3.93. The number of hydrogen-bond acceptors (Lipinski definition) is 7. The highest BCUT2D eigenvalue weighted by molar-refractivity contribution is 7.20. The molecule has 2 aromatic heterocycles. The monoisotopic (exact) mass is 434 g/mol. The molecule has 2 aromatic carbocycles. The van der Waals surface area contributed by atoms with E-state index in [4.69, 9.17) is 9.47 Å². The van der Waals surface area contributed by atoms with Crippen LogP contribution >= 0.6 is 11.3 Å². The second kappa shape index (κ2) is 6.80. The number of benzene rings is 2. The van der Waals surface area contributed by atoms with Crippen LogP contribution in [0.4, 0.5) is 24.0 Å². The highest BCUT2D eigenvalue weighted by Gasteiger charge is 2.31. The average molecular weight is 434 g/mol. The number of alkyl halides is 3. The minimum absolute atomic E-state index is 0.189. The fourth-order valence-electron chi connectivity index (χ4n) is 3.07. The highest BCUT2D eigenvalue weighted by Crippen LogP contribution is 2.38. The Morgan fingerprint density at radius 1 is 1.13 bits per heavy atom. The van der Waals surface area contributed by atoms with E-state index in [9.17, 15) is 13.2 Å². The molecule has 0 N–H and O–H groups in total. The third-order valence-electron chi connectivity index (χ3n) is 4.47. The van der Waals surface area contributed by atoms with Gasteiger partial charge in [0.15, 0.2) is 11.5 Å². The number of hydrogen-bond donors (Lipinski definition) is 0. The van der Waals surface area contributed by atoms with Crippen molar-refractivity contribution < 1.29 is 27.4 Å². The minimum Gasteiger partial charge on any atom is -0.454 e. The molecule has 0 atom stereocenters. The summed E-state index contributed by atoms with van der Waals surface area (Å²) >= 11 is 1.35. The molecule has 0 amide bonds. The van der Waals surface area contributed by atoms with Crippen molar-refractivity contribution in [3.63, 3.8) is 0 Å². The zero-order chi connectivity index (χ0) is 20.9. The normalized spacial score (nSPS) is 13.1. The molecule has 5 rings (SSSR count). The molecule has 11 heteroatoms. The summed E-state index contributed by atoms with van der Waals surface area (Å²) in [6.07, 6.45) is -3.19. The van der Waals surface area contributed by atoms with Crippen LogP contribution in [0, 0.1) is 0 Å². The van der Waals surface area contributed by atoms with Gasteiger partial charge in [0.1, 0.15) is 5.75 Å². The lowest BCUT2D eigenvalue weighted by atomic mass is 10.1. The first-order chi connectivity index (χ1) is 14.4. The fraction of sp³-hybridized carbons (Fsp3) is 0.158. The van der Waals surface area contributed by atoms with Crippen LogP contribution in [0.5, 0.6) is 17.2 Å². The van der Waals surface area contributed by atoms with E-state index in [2.05, 4.69) is 14.8 Å². The molecule has 0 radical (unpaired) electrons. The number of rotatable bonds is 4. The Labute approximate surface area is 171 Å². The molecule has 0 saturated carbocycles. The second-order valence-corrected chi connectivity index (χ2v) is 7.33. The Kier molecular flexibility index (Phi) is 4.21. The maximum Gasteiger partial charge on any atom is 0.573 e. The lowest BCUT2D eigenvalue weighted by Gasteiger charge is -2.15. The zero-order valence-corrected chi connectivity index (χ0v) is 16.2. The molecule has 0 bridgehead atoms. The molecule has 1 aliphatic heterocycles. The van der Waals surface area contributed by atoms with Gasteiger partial charge < -0.3 is 19.1 Å². The molecule has 0 spiro atoms. The van der Waals surface area contributed by atoms with Crippen molar-refractivity contribution in [1.29, 1.82) is 0 Å². The first-order valence-electron chi connectivity index (χ1n) is 8.71. The van der Waals surface area contributed by atoms with Crippen molar-refractivity contribution >= 4 is 27.1 Å². The Balaban J connectivity index is 1.48. The predicted octanol–water partition coefficient (Wildman–Crippen LogP) is 4.85. The summed E-state index contributed by atoms with van der Waals surface area (Å²) in [5.74, 6) is 1.04. The van der Waals surface area contributed by atoms with E-state index in [1.54, 1.807) is 16.8 Å². The quantitative estimate of drug-likeness (QED) is 0.458. The third-order valence-corrected chi connectivity index (χ3v) is 5.47. The molecule has 154 valence electrons. The van der Waals surface area contributed by atoms with E-state index in [1.807, 2.05) is 30.1 Å². The lowest BCUT2D eigenvalue weighted by molar-refractivity contribution is -0.274. The van der Waals surface area contributed by atoms with Crippen LogP contribution in [0.25, 0.3) is 16.2 Å². The molecule has 1 aliphatic rings. The average Bonchev–Trinajstić information content (AvgIpc) is 3.40. The third kappa shape index (κ3) is 3.36. The zero-order valence-electron chi connectivity index (χ0n) is 15.4. The molecule has 3 heterocycles. The largest absolute Gasteiger partial charge is 0.573 e. The van der Waals surface area contributed by atoms with E-state index < -0.39 is 6.36 Å². The summed E-state index contributed by atoms with van der Waals surface area (Å²) < 4.78 is 53.9. The predicted molar refractivity (Wildman–Crippen MR) is 104 cm³/mol. The summed E-state index contributed by atoms with van der Waals surface area (Å²) in [5, 5.41) is 5.24. The Morgan fingerprint density at radius 3 is 2.80 bits per heavy atom. The summed E-state index contributed by atoms with van der Waals surface area (Å²) in [7, 11) is 1.85. The smallest absolute Gasteiger partial charge is 0.454 e. The van der Waals surface area contributed by atoms with Gasteiger partial charge in [-0.1, -0.05) is 23.5 Å². The molecule has 0 saturated heterocycles. The van der Waals surface area contributed by atoms with Gasteiger partial charge in [0.05, 0.1) is 11.9 Å². The van der Waals surface area contributed by atoms with Crippen molar-refractivity contribution in [3.05, 3.63) is 48.7 Å². The number of imidazole rings is 1. The SMILES string of the molecule is CN(c1ccc2c(c1)OCO2)c1nn2c(-c3cccc(OC(F)(F)F)c3)cnc2s1. The van der Waals surface area contributed by atoms with Crippen LogP contribution in [0.3, 0.4) is 0 Å². The van der Waals surface area contributed by atoms with Gasteiger partial charge in [0, 0.05) is 24.4 Å². The maximum absolute atomic E-state index is 12.5. The van der Waals surface area contributed by atoms with E-state index in [1.165, 1.54) is 29.5 Å². The van der Waals surface area contributed by atoms with Gasteiger partial charge in [-0.05, 0) is 24.3 Å². The van der Waals surface area contributed by atoms with Crippen molar-refractivity contribution in [1.82, 2.24) is 14.6 Å². The number of fused-ring (bicyclic) bond motifs is 2. The van der Waals surface area contributed by atoms with Crippen LogP contribution < -0.4 is 19.1 Å². The number of aromatic nitrogens is 3. The Hall–Kier alpha value is -3.47. The molecule has 0 aliphatic carbocycles. The minimum atomic E-state index is -4.76. The van der Waals surface area contributed by atoms with E-state index in [-0.39, 0.29) is 12.5 Å². The molecule has 30 heavy (non-hydrogen) atoms. The molecular formula is C19H13F3N4O3S. The number of anilines is 2. The summed E-state index contributed by atoms with van der Waals surface area (Å²) in [6.45, 7) is 0.189. The summed E-state index contributed by atoms with van der Waals surface area (Å²) in [5.41, 5.74) is 1.91. The standard InChI is InChI=1S/C19H13F3N4O3S/c1-25(12-5-6-15-16(8-12)28-10-27-15)18-24-26-14(9-23-17(26)30-18)11-3-2-4-13(7-11)29-19(20,21)22/h2-9H,10H2,1H3. The summed E-state index contributed by atoms with van der Waals surface area (Å²) in [4.78, 5) is 6.81. The van der Waals surface area contributed by atoms with Gasteiger partial charge in [0.25, 0.3) is 0 Å². The summed E-state index contributed by atoms with van der Waals surface area (Å²) in [6, 6.07) is 11.3. The Bertz CT molecular complexity index is 1240. The van der Waals surface area contributed by atoms with E-state index in [0.717, 1.165) is 5.69 Å². The van der Waals surface area contributed by atoms with Gasteiger partial charge in [-0.15, -0.1) is 18.3 Å². The van der Waals surface area contributed by atoms with Gasteiger partial charge in [-0.3, -0.25) is 0 Å². The number of halogens is 3. The van der Waals surface area contributed by atoms with Crippen molar-refractivity contribution in [2.75, 3.05) is 18.7 Å². The number of ether oxygens (including phenoxy) is 3. The number of nitrogens with zero attached hydrogens (tertiary/aromatic N) is 4. The highest BCUT2D eigenvalue weighted by atomic mass is 32.1. The van der Waals surface area contributed by atoms with Crippen LogP contribution in [-0.2, 0) is 0 Å². The maximum atomic E-state index is 12.5. The van der Waals surface area contributed by atoms with Crippen LogP contribution in [0.2, 0.25) is 0 Å². The van der Waals surface area contributed by atoms with Crippen LogP contribution in [0.1, 0.15) is 0 Å². The first kappa shape index (κ1) is 18.6. The second-order valence-electron chi connectivity index (χ2n) is 6.39. The van der Waals surface area contributed by atoms with Crippen LogP contribution in [-0.4, -0.2) is 34.8 Å². The molecule has 7 nitrogen and oxygen atoms in total. The van der Waals surface area contributed by atoms with Gasteiger partial charge >= 0.3 is 6.36 Å². The molecule has 0 fully saturated rings. The van der Waals surface area contributed by atoms with Crippen molar-refractivity contribution in [2.24, 2.45) is 0 Å². The lowest BCUT2D eigenvalue weighted by Crippen LogP contribution is -2.17. The van der Waals surface area contributed by atoms with Gasteiger partial charge in [0.2, 0.25) is 16.9 Å². The molecule has 0 unspecified atom stereocenters.